The molecule has 0 radical (unpaired) electrons. The fraction of sp³-hybridized carbons (Fsp3) is 0.222. The maximum Gasteiger partial charge on any atom is 0.341 e. The van der Waals surface area contributed by atoms with Gasteiger partial charge in [0.2, 0.25) is 5.91 Å². The number of ether oxygens (including phenoxy) is 2. The number of nitrogens with one attached hydrogen (secondary N) is 1. The van der Waals surface area contributed by atoms with E-state index in [-0.39, 0.29) is 18.2 Å². The summed E-state index contributed by atoms with van der Waals surface area (Å²) in [6.07, 6.45) is 0.266. The first-order valence-electron chi connectivity index (χ1n) is 8.14. The Morgan fingerprint density at radius 2 is 2.15 bits per heavy atom. The zero-order chi connectivity index (χ0) is 19.0. The molecule has 3 aromatic rings. The second-order valence-electron chi connectivity index (χ2n) is 6.06. The normalized spacial score (nSPS) is 15.9. The van der Waals surface area contributed by atoms with Crippen LogP contribution in [-0.4, -0.2) is 39.4 Å². The van der Waals surface area contributed by atoms with Crippen molar-refractivity contribution in [3.63, 3.8) is 0 Å². The first kappa shape index (κ1) is 17.2. The van der Waals surface area contributed by atoms with Crippen molar-refractivity contribution in [1.82, 2.24) is 8.75 Å². The highest BCUT2D eigenvalue weighted by Gasteiger charge is 2.30. The van der Waals surface area contributed by atoms with Crippen molar-refractivity contribution in [2.24, 2.45) is 0 Å². The third-order valence-corrected chi connectivity index (χ3v) is 4.96. The highest BCUT2D eigenvalue weighted by molar-refractivity contribution is 7.00. The number of carbonyl (C=O) groups excluding carboxylic acids is 1. The molecule has 1 aromatic heterocycles. The third-order valence-electron chi connectivity index (χ3n) is 4.42. The number of methoxy groups -OCH3 is 1. The quantitative estimate of drug-likeness (QED) is 0.694. The molecule has 9 heteroatoms. The van der Waals surface area contributed by atoms with Crippen LogP contribution in [0.25, 0.3) is 11.0 Å². The van der Waals surface area contributed by atoms with Crippen LogP contribution in [0.4, 0.5) is 5.69 Å². The Hall–Kier alpha value is -3.20. The summed E-state index contributed by atoms with van der Waals surface area (Å²) in [6, 6.07) is 8.91. The van der Waals surface area contributed by atoms with Crippen molar-refractivity contribution in [3.05, 3.63) is 41.5 Å². The molecular weight excluding hydrogens is 370 g/mol. The molecule has 27 heavy (non-hydrogen) atoms. The number of aliphatic carboxylic acids is 1. The number of carboxylic acid groups (broad SMARTS) is 1. The standard InChI is InChI=1S/C18H15N3O5S/c1-25-14-6-9(2-5-13(14)26-8-16(23)24)10-7-15(22)19-11-3-4-12-18(17(10)11)21-27-20-12/h2-6,10H,7-8H2,1H3,(H,19,22)(H,23,24)/t10-/m0/s1. The Bertz CT molecular complexity index is 1050. The number of hydrogen-bond acceptors (Lipinski definition) is 7. The van der Waals surface area contributed by atoms with Crippen molar-refractivity contribution in [3.8, 4) is 11.5 Å². The first-order chi connectivity index (χ1) is 13.1. The van der Waals surface area contributed by atoms with Crippen molar-refractivity contribution in [2.45, 2.75) is 12.3 Å². The molecule has 0 saturated carbocycles. The molecule has 2 aromatic carbocycles. The number of fused-ring (bicyclic) bond motifs is 3. The average Bonchev–Trinajstić information content (AvgIpc) is 3.14. The van der Waals surface area contributed by atoms with E-state index in [1.54, 1.807) is 12.1 Å². The second-order valence-corrected chi connectivity index (χ2v) is 6.58. The summed E-state index contributed by atoms with van der Waals surface area (Å²) in [5.41, 5.74) is 4.05. The largest absolute Gasteiger partial charge is 0.493 e. The number of carbonyl (C=O) groups is 2. The van der Waals surface area contributed by atoms with Gasteiger partial charge in [0.15, 0.2) is 18.1 Å². The van der Waals surface area contributed by atoms with Gasteiger partial charge >= 0.3 is 5.97 Å². The van der Waals surface area contributed by atoms with Crippen molar-refractivity contribution in [1.29, 1.82) is 0 Å². The van der Waals surface area contributed by atoms with Gasteiger partial charge in [0.1, 0.15) is 11.0 Å². The lowest BCUT2D eigenvalue weighted by Crippen LogP contribution is -2.23. The molecule has 1 atom stereocenters. The van der Waals surface area contributed by atoms with E-state index in [0.717, 1.165) is 39.6 Å². The van der Waals surface area contributed by atoms with E-state index in [2.05, 4.69) is 14.1 Å². The maximum absolute atomic E-state index is 12.2. The Morgan fingerprint density at radius 1 is 1.30 bits per heavy atom. The van der Waals surface area contributed by atoms with Crippen LogP contribution in [0.1, 0.15) is 23.5 Å². The van der Waals surface area contributed by atoms with Gasteiger partial charge in [-0.05, 0) is 29.8 Å². The first-order valence-corrected chi connectivity index (χ1v) is 8.87. The van der Waals surface area contributed by atoms with Crippen LogP contribution in [0.2, 0.25) is 0 Å². The molecule has 2 heterocycles. The van der Waals surface area contributed by atoms with E-state index < -0.39 is 12.6 Å². The summed E-state index contributed by atoms with van der Waals surface area (Å²) < 4.78 is 19.3. The number of nitrogens with zero attached hydrogens (tertiary/aromatic N) is 2. The van der Waals surface area contributed by atoms with E-state index in [9.17, 15) is 9.59 Å². The molecule has 1 amide bonds. The van der Waals surface area contributed by atoms with Gasteiger partial charge in [-0.15, -0.1) is 0 Å². The zero-order valence-corrected chi connectivity index (χ0v) is 15.1. The molecule has 0 saturated heterocycles. The molecule has 0 spiro atoms. The van der Waals surface area contributed by atoms with Crippen molar-refractivity contribution >= 4 is 40.3 Å². The van der Waals surface area contributed by atoms with E-state index in [1.165, 1.54) is 7.11 Å². The van der Waals surface area contributed by atoms with Crippen LogP contribution in [-0.2, 0) is 9.59 Å². The van der Waals surface area contributed by atoms with Gasteiger partial charge in [-0.25, -0.2) is 4.79 Å². The van der Waals surface area contributed by atoms with Crippen LogP contribution in [0, 0.1) is 0 Å². The highest BCUT2D eigenvalue weighted by atomic mass is 32.1. The van der Waals surface area contributed by atoms with Crippen LogP contribution in [0.5, 0.6) is 11.5 Å². The summed E-state index contributed by atoms with van der Waals surface area (Å²) in [4.78, 5) is 23.0. The molecule has 138 valence electrons. The molecule has 2 N–H and O–H groups in total. The van der Waals surface area contributed by atoms with Gasteiger partial charge < -0.3 is 19.9 Å². The molecule has 1 aliphatic heterocycles. The fourth-order valence-corrected chi connectivity index (χ4v) is 3.82. The number of hydrogen-bond donors (Lipinski definition) is 2. The summed E-state index contributed by atoms with van der Waals surface area (Å²) in [7, 11) is 1.48. The van der Waals surface area contributed by atoms with E-state index >= 15 is 0 Å². The van der Waals surface area contributed by atoms with E-state index in [4.69, 9.17) is 14.6 Å². The summed E-state index contributed by atoms with van der Waals surface area (Å²) in [5.74, 6) is -0.635. The Labute approximate surface area is 158 Å². The molecule has 4 rings (SSSR count). The molecule has 0 unspecified atom stereocenters. The number of rotatable bonds is 5. The smallest absolute Gasteiger partial charge is 0.341 e. The third kappa shape index (κ3) is 3.17. The predicted octanol–water partition coefficient (Wildman–Crippen LogP) is 2.64. The van der Waals surface area contributed by atoms with Crippen molar-refractivity contribution < 1.29 is 24.2 Å². The monoisotopic (exact) mass is 385 g/mol. The molecule has 0 fully saturated rings. The average molecular weight is 385 g/mol. The van der Waals surface area contributed by atoms with Crippen LogP contribution in [0.3, 0.4) is 0 Å². The molecule has 8 nitrogen and oxygen atoms in total. The van der Waals surface area contributed by atoms with Crippen molar-refractivity contribution in [2.75, 3.05) is 19.0 Å². The lowest BCUT2D eigenvalue weighted by molar-refractivity contribution is -0.139. The van der Waals surface area contributed by atoms with Gasteiger partial charge in [0.05, 0.1) is 18.8 Å². The minimum Gasteiger partial charge on any atom is -0.493 e. The van der Waals surface area contributed by atoms with Gasteiger partial charge in [0.25, 0.3) is 0 Å². The van der Waals surface area contributed by atoms with Gasteiger partial charge in [-0.1, -0.05) is 6.07 Å². The molecule has 0 aliphatic carbocycles. The highest BCUT2D eigenvalue weighted by Crippen LogP contribution is 2.42. The summed E-state index contributed by atoms with van der Waals surface area (Å²) >= 11 is 1.13. The second kappa shape index (κ2) is 6.84. The molecule has 0 bridgehead atoms. The van der Waals surface area contributed by atoms with Crippen LogP contribution < -0.4 is 14.8 Å². The number of amides is 1. The van der Waals surface area contributed by atoms with Gasteiger partial charge in [0, 0.05) is 23.6 Å². The predicted molar refractivity (Wildman–Crippen MR) is 98.6 cm³/mol. The zero-order valence-electron chi connectivity index (χ0n) is 14.3. The fourth-order valence-electron chi connectivity index (χ4n) is 3.27. The van der Waals surface area contributed by atoms with Gasteiger partial charge in [-0.3, -0.25) is 4.79 Å². The van der Waals surface area contributed by atoms with Gasteiger partial charge in [-0.2, -0.15) is 8.75 Å². The summed E-state index contributed by atoms with van der Waals surface area (Å²) in [5, 5.41) is 11.7. The maximum atomic E-state index is 12.2. The minimum absolute atomic E-state index is 0.0831. The lowest BCUT2D eigenvalue weighted by Gasteiger charge is -2.26. The Balaban J connectivity index is 1.79. The Morgan fingerprint density at radius 3 is 2.93 bits per heavy atom. The summed E-state index contributed by atoms with van der Waals surface area (Å²) in [6.45, 7) is -0.463. The molecule has 1 aliphatic rings. The van der Waals surface area contributed by atoms with E-state index in [1.807, 2.05) is 18.2 Å². The minimum atomic E-state index is -1.07. The number of benzene rings is 2. The number of carboxylic acids is 1. The topological polar surface area (TPSA) is 111 Å². The SMILES string of the molecule is COc1cc([C@@H]2CC(=O)Nc3ccc4nsnc4c32)ccc1OCC(=O)O. The van der Waals surface area contributed by atoms with Crippen LogP contribution in [0.15, 0.2) is 30.3 Å². The number of anilines is 1. The van der Waals surface area contributed by atoms with Crippen LogP contribution >= 0.6 is 11.7 Å². The Kier molecular flexibility index (Phi) is 4.36. The van der Waals surface area contributed by atoms with E-state index in [0.29, 0.717) is 11.5 Å². The lowest BCUT2D eigenvalue weighted by atomic mass is 9.84. The molecular formula is C18H15N3O5S. The number of aromatic nitrogens is 2.